The van der Waals surface area contributed by atoms with Crippen molar-refractivity contribution >= 4 is 29.5 Å². The number of hydrogen-bond donors (Lipinski definition) is 4. The Kier molecular flexibility index (Phi) is 4.66. The fourth-order valence-electron chi connectivity index (χ4n) is 4.58. The van der Waals surface area contributed by atoms with Gasteiger partial charge in [-0.1, -0.05) is 13.8 Å². The summed E-state index contributed by atoms with van der Waals surface area (Å²) >= 11 is 1.22. The molecule has 0 spiro atoms. The van der Waals surface area contributed by atoms with Crippen molar-refractivity contribution in [2.45, 2.75) is 61.8 Å². The molecule has 24 heavy (non-hydrogen) atoms. The molecular weight excluding hydrogens is 334 g/mol. The predicted octanol–water partition coefficient (Wildman–Crippen LogP) is -0.515. The van der Waals surface area contributed by atoms with E-state index in [4.69, 9.17) is 11.5 Å². The van der Waals surface area contributed by atoms with E-state index in [2.05, 4.69) is 0 Å². The maximum atomic E-state index is 12.9. The molecule has 2 aliphatic heterocycles. The second-order valence-electron chi connectivity index (χ2n) is 6.57. The first-order valence-electron chi connectivity index (χ1n) is 8.03. The van der Waals surface area contributed by atoms with Gasteiger partial charge in [-0.15, -0.1) is 11.8 Å². The van der Waals surface area contributed by atoms with E-state index in [1.165, 1.54) is 16.7 Å². The lowest BCUT2D eigenvalue weighted by Crippen LogP contribution is -2.79. The number of primary amides is 1. The average Bonchev–Trinajstić information content (AvgIpc) is 2.76. The number of rotatable bonds is 7. The molecule has 136 valence electrons. The largest absolute Gasteiger partial charge is 0.480 e. The van der Waals surface area contributed by atoms with Crippen LogP contribution in [-0.2, 0) is 14.4 Å². The number of aliphatic carboxylic acids is 1. The minimum absolute atomic E-state index is 0.108. The molecule has 9 heteroatoms. The molecule has 2 rings (SSSR count). The van der Waals surface area contributed by atoms with E-state index >= 15 is 0 Å². The molecule has 2 saturated heterocycles. The monoisotopic (exact) mass is 359 g/mol. The highest BCUT2D eigenvalue weighted by atomic mass is 32.2. The second kappa shape index (κ2) is 5.89. The zero-order chi connectivity index (χ0) is 18.5. The normalized spacial score (nSPS) is 39.3. The first kappa shape index (κ1) is 19.0. The maximum Gasteiger partial charge on any atom is 0.328 e. The number of thioether (sulfide) groups is 1. The average molecular weight is 359 g/mol. The third kappa shape index (κ3) is 1.98. The molecule has 0 aliphatic carbocycles. The van der Waals surface area contributed by atoms with Gasteiger partial charge in [0.25, 0.3) is 0 Å². The summed E-state index contributed by atoms with van der Waals surface area (Å²) in [4.78, 5) is 36.8. The van der Waals surface area contributed by atoms with Crippen LogP contribution in [0.4, 0.5) is 0 Å². The zero-order valence-corrected chi connectivity index (χ0v) is 14.9. The van der Waals surface area contributed by atoms with Crippen LogP contribution in [0.25, 0.3) is 0 Å². The summed E-state index contributed by atoms with van der Waals surface area (Å²) < 4.78 is -1.20. The topological polar surface area (TPSA) is 147 Å². The van der Waals surface area contributed by atoms with Crippen LogP contribution in [0.15, 0.2) is 0 Å². The molecule has 2 heterocycles. The first-order valence-corrected chi connectivity index (χ1v) is 8.85. The van der Waals surface area contributed by atoms with Gasteiger partial charge in [-0.25, -0.2) is 4.79 Å². The number of aliphatic hydroxyl groups excluding tert-OH is 1. The van der Waals surface area contributed by atoms with Crippen LogP contribution in [0.1, 0.15) is 40.0 Å². The molecule has 2 unspecified atom stereocenters. The van der Waals surface area contributed by atoms with Gasteiger partial charge in [0.2, 0.25) is 11.8 Å². The number of aliphatic hydroxyl groups is 1. The highest BCUT2D eigenvalue weighted by Gasteiger charge is 2.81. The molecule has 2 fully saturated rings. The van der Waals surface area contributed by atoms with Crippen molar-refractivity contribution in [1.29, 1.82) is 0 Å². The van der Waals surface area contributed by atoms with Crippen LogP contribution >= 0.6 is 11.8 Å². The Morgan fingerprint density at radius 3 is 2.29 bits per heavy atom. The summed E-state index contributed by atoms with van der Waals surface area (Å²) in [5, 5.41) is 20.1. The summed E-state index contributed by atoms with van der Waals surface area (Å²) in [5.74, 6) is -2.28. The van der Waals surface area contributed by atoms with Gasteiger partial charge in [-0.3, -0.25) is 9.59 Å². The SMILES string of the molecule is CC[C@]12SC(CN)(CC(N)=O)C(C(=O)O)N1C(=O)[C@]2(CC)[C@@H](C)O. The van der Waals surface area contributed by atoms with Crippen LogP contribution in [-0.4, -0.2) is 61.2 Å². The third-order valence-electron chi connectivity index (χ3n) is 5.62. The highest BCUT2D eigenvalue weighted by Crippen LogP contribution is 2.70. The Morgan fingerprint density at radius 2 is 1.96 bits per heavy atom. The molecule has 8 nitrogen and oxygen atoms in total. The summed E-state index contributed by atoms with van der Waals surface area (Å²) in [6.07, 6.45) is -0.386. The fraction of sp³-hybridized carbons (Fsp3) is 0.800. The van der Waals surface area contributed by atoms with Crippen LogP contribution in [0.3, 0.4) is 0 Å². The zero-order valence-electron chi connectivity index (χ0n) is 14.1. The van der Waals surface area contributed by atoms with Gasteiger partial charge in [0.1, 0.15) is 16.3 Å². The summed E-state index contributed by atoms with van der Waals surface area (Å²) in [5.41, 5.74) is 10.1. The van der Waals surface area contributed by atoms with Crippen LogP contribution in [0.2, 0.25) is 0 Å². The number of carboxylic acids is 1. The molecule has 0 bridgehead atoms. The first-order chi connectivity index (χ1) is 11.1. The number of nitrogens with two attached hydrogens (primary N) is 2. The van der Waals surface area contributed by atoms with Crippen molar-refractivity contribution in [3.63, 3.8) is 0 Å². The lowest BCUT2D eigenvalue weighted by Gasteiger charge is -2.63. The van der Waals surface area contributed by atoms with E-state index in [0.29, 0.717) is 12.8 Å². The third-order valence-corrected chi connectivity index (χ3v) is 7.75. The van der Waals surface area contributed by atoms with E-state index in [0.717, 1.165) is 0 Å². The number of nitrogens with zero attached hydrogens (tertiary/aromatic N) is 1. The number of carbonyl (C=O) groups excluding carboxylic acids is 2. The number of amides is 2. The highest BCUT2D eigenvalue weighted by molar-refractivity contribution is 8.02. The quantitative estimate of drug-likeness (QED) is 0.447. The number of β-lactam (4-membered cyclic amide) rings is 1. The van der Waals surface area contributed by atoms with Gasteiger partial charge in [-0.2, -0.15) is 0 Å². The van der Waals surface area contributed by atoms with Gasteiger partial charge in [0, 0.05) is 13.0 Å². The van der Waals surface area contributed by atoms with E-state index in [1.54, 1.807) is 13.8 Å². The molecule has 0 aromatic heterocycles. The molecule has 5 atom stereocenters. The van der Waals surface area contributed by atoms with Crippen molar-refractivity contribution in [3.05, 3.63) is 0 Å². The summed E-state index contributed by atoms with van der Waals surface area (Å²) in [6.45, 7) is 5.08. The molecule has 0 aromatic rings. The van der Waals surface area contributed by atoms with Gasteiger partial charge in [-0.05, 0) is 19.8 Å². The summed E-state index contributed by atoms with van der Waals surface area (Å²) in [7, 11) is 0. The molecule has 2 amide bonds. The van der Waals surface area contributed by atoms with Crippen molar-refractivity contribution in [3.8, 4) is 0 Å². The van der Waals surface area contributed by atoms with Gasteiger partial charge in [0.05, 0.1) is 10.9 Å². The molecule has 0 radical (unpaired) electrons. The number of carboxylic acid groups (broad SMARTS) is 1. The van der Waals surface area contributed by atoms with E-state index < -0.39 is 45.0 Å². The lowest BCUT2D eigenvalue weighted by atomic mass is 9.62. The molecule has 2 aliphatic rings. The minimum atomic E-state index is -1.24. The minimum Gasteiger partial charge on any atom is -0.480 e. The van der Waals surface area contributed by atoms with Crippen molar-refractivity contribution in [1.82, 2.24) is 4.90 Å². The Bertz CT molecular complexity index is 585. The number of fused-ring (bicyclic) bond motifs is 1. The smallest absolute Gasteiger partial charge is 0.328 e. The molecule has 0 aromatic carbocycles. The molecule has 6 N–H and O–H groups in total. The van der Waals surface area contributed by atoms with E-state index in [9.17, 15) is 24.6 Å². The van der Waals surface area contributed by atoms with E-state index in [-0.39, 0.29) is 13.0 Å². The van der Waals surface area contributed by atoms with Crippen molar-refractivity contribution in [2.75, 3.05) is 6.54 Å². The Balaban J connectivity index is 2.66. The Hall–Kier alpha value is -1.32. The van der Waals surface area contributed by atoms with Gasteiger partial charge < -0.3 is 26.6 Å². The van der Waals surface area contributed by atoms with Crippen molar-refractivity contribution < 1.29 is 24.6 Å². The Labute approximate surface area is 144 Å². The van der Waals surface area contributed by atoms with Crippen LogP contribution in [0, 0.1) is 5.41 Å². The standard InChI is InChI=1S/C15H25N3O5S/c1-4-14(8(3)19)12(23)18-10(11(21)22)13(7-16,6-9(17)20)24-15(14,18)5-2/h8,10,19H,4-7,16H2,1-3H3,(H2,17,20)(H,21,22)/t8-,10?,13?,14+,15-/m1/s1. The van der Waals surface area contributed by atoms with E-state index in [1.807, 2.05) is 6.92 Å². The van der Waals surface area contributed by atoms with Crippen molar-refractivity contribution in [2.24, 2.45) is 16.9 Å². The van der Waals surface area contributed by atoms with Gasteiger partial charge >= 0.3 is 5.97 Å². The Morgan fingerprint density at radius 1 is 1.38 bits per heavy atom. The molecular formula is C15H25N3O5S. The van der Waals surface area contributed by atoms with Crippen LogP contribution < -0.4 is 11.5 Å². The summed E-state index contributed by atoms with van der Waals surface area (Å²) in [6, 6.07) is -1.24. The lowest BCUT2D eigenvalue weighted by molar-refractivity contribution is -0.203. The van der Waals surface area contributed by atoms with Gasteiger partial charge in [0.15, 0.2) is 0 Å². The predicted molar refractivity (Wildman–Crippen MR) is 88.9 cm³/mol. The number of hydrogen-bond acceptors (Lipinski definition) is 6. The maximum absolute atomic E-state index is 12.9. The fourth-order valence-corrected chi connectivity index (χ4v) is 6.88. The van der Waals surface area contributed by atoms with Crippen LogP contribution in [0.5, 0.6) is 0 Å². The number of carbonyl (C=O) groups is 3. The molecule has 0 saturated carbocycles. The second-order valence-corrected chi connectivity index (χ2v) is 8.26.